The van der Waals surface area contributed by atoms with Crippen molar-refractivity contribution in [1.82, 2.24) is 9.55 Å². The number of rotatable bonds is 3. The van der Waals surface area contributed by atoms with Gasteiger partial charge in [-0.3, -0.25) is 4.79 Å². The second-order valence-electron chi connectivity index (χ2n) is 3.40. The van der Waals surface area contributed by atoms with Gasteiger partial charge in [-0.15, -0.1) is 0 Å². The minimum atomic E-state index is -1.32. The molecular weight excluding hydrogens is 231 g/mol. The highest BCUT2D eigenvalue weighted by Crippen LogP contribution is 2.03. The molecule has 1 aromatic rings. The van der Waals surface area contributed by atoms with Crippen LogP contribution in [0.25, 0.3) is 0 Å². The zero-order valence-corrected chi connectivity index (χ0v) is 9.53. The molecule has 0 fully saturated rings. The van der Waals surface area contributed by atoms with E-state index in [0.29, 0.717) is 19.0 Å². The minimum absolute atomic E-state index is 0.105. The molecule has 0 spiro atoms. The molecule has 0 aliphatic heterocycles. The zero-order chi connectivity index (χ0) is 13.0. The predicted molar refractivity (Wildman–Crippen MR) is 57.5 cm³/mol. The van der Waals surface area contributed by atoms with Gasteiger partial charge in [-0.1, -0.05) is 13.8 Å². The lowest BCUT2D eigenvalue weighted by Crippen LogP contribution is -2.42. The maximum Gasteiger partial charge on any atom is 0.425 e. The maximum absolute atomic E-state index is 12.9. The highest BCUT2D eigenvalue weighted by Gasteiger charge is 2.18. The van der Waals surface area contributed by atoms with Crippen LogP contribution in [0.5, 0.6) is 0 Å². The van der Waals surface area contributed by atoms with Gasteiger partial charge in [0.05, 0.1) is 0 Å². The molecule has 0 radical (unpaired) electrons. The number of halogens is 1. The van der Waals surface area contributed by atoms with Crippen molar-refractivity contribution in [3.8, 4) is 0 Å². The van der Waals surface area contributed by atoms with Crippen molar-refractivity contribution in [2.75, 3.05) is 0 Å². The highest BCUT2D eigenvalue weighted by molar-refractivity contribution is 5.70. The lowest BCUT2D eigenvalue weighted by Gasteiger charge is -2.13. The Labute approximate surface area is 96.0 Å². The molecule has 0 bridgehead atoms. The number of carbonyl (C=O) groups is 1. The molecular formula is C10H13FN2O4. The maximum atomic E-state index is 12.9. The number of nitrogens with one attached hydrogen (secondary N) is 1. The molecule has 0 aliphatic rings. The van der Waals surface area contributed by atoms with Crippen LogP contribution in [0.15, 0.2) is 15.8 Å². The zero-order valence-electron chi connectivity index (χ0n) is 9.53. The first-order valence-electron chi connectivity index (χ1n) is 5.22. The Morgan fingerprint density at radius 1 is 1.47 bits per heavy atom. The number of hydrogen-bond acceptors (Lipinski definition) is 4. The lowest BCUT2D eigenvalue weighted by atomic mass is 10.2. The molecule has 0 saturated heterocycles. The van der Waals surface area contributed by atoms with Gasteiger partial charge in [0.1, 0.15) is 6.10 Å². The van der Waals surface area contributed by atoms with Crippen LogP contribution in [0.3, 0.4) is 0 Å². The Morgan fingerprint density at radius 2 is 2.06 bits per heavy atom. The first kappa shape index (κ1) is 13.1. The Balaban J connectivity index is 3.09. The fourth-order valence-electron chi connectivity index (χ4n) is 1.27. The second-order valence-corrected chi connectivity index (χ2v) is 3.40. The summed E-state index contributed by atoms with van der Waals surface area (Å²) >= 11 is 0. The summed E-state index contributed by atoms with van der Waals surface area (Å²) in [7, 11) is 0. The van der Waals surface area contributed by atoms with Crippen molar-refractivity contribution < 1.29 is 13.9 Å². The van der Waals surface area contributed by atoms with E-state index in [1.54, 1.807) is 13.8 Å². The van der Waals surface area contributed by atoms with Gasteiger partial charge in [0, 0.05) is 6.20 Å². The largest absolute Gasteiger partial charge is 0.445 e. The standard InChI is InChI=1S/C10H13FN2O4/c1-3-6(4-2)17-10(16)13-8(14)7(11)5-12-9(13)15/h5-6H,3-4H2,1-2H3,(H,12,15). The van der Waals surface area contributed by atoms with Crippen LogP contribution in [0.2, 0.25) is 0 Å². The van der Waals surface area contributed by atoms with Crippen LogP contribution in [-0.2, 0) is 4.74 Å². The minimum Gasteiger partial charge on any atom is -0.445 e. The summed E-state index contributed by atoms with van der Waals surface area (Å²) in [5, 5.41) is 0. The third-order valence-corrected chi connectivity index (χ3v) is 2.29. The molecule has 6 nitrogen and oxygen atoms in total. The molecule has 0 aromatic carbocycles. The summed E-state index contributed by atoms with van der Waals surface area (Å²) in [6.07, 6.45) is 0.126. The van der Waals surface area contributed by atoms with Crippen LogP contribution in [-0.4, -0.2) is 21.7 Å². The first-order chi connectivity index (χ1) is 8.01. The Kier molecular flexibility index (Phi) is 4.19. The molecule has 0 aliphatic carbocycles. The van der Waals surface area contributed by atoms with Gasteiger partial charge in [-0.25, -0.2) is 9.59 Å². The van der Waals surface area contributed by atoms with Gasteiger partial charge in [0.15, 0.2) is 0 Å². The third kappa shape index (κ3) is 2.80. The van der Waals surface area contributed by atoms with E-state index in [-0.39, 0.29) is 4.57 Å². The van der Waals surface area contributed by atoms with E-state index in [1.807, 2.05) is 4.98 Å². The van der Waals surface area contributed by atoms with Gasteiger partial charge >= 0.3 is 17.3 Å². The van der Waals surface area contributed by atoms with Crippen molar-refractivity contribution in [1.29, 1.82) is 0 Å². The summed E-state index contributed by atoms with van der Waals surface area (Å²) in [6.45, 7) is 3.58. The molecule has 1 aromatic heterocycles. The van der Waals surface area contributed by atoms with Crippen molar-refractivity contribution in [3.05, 3.63) is 32.9 Å². The van der Waals surface area contributed by atoms with Crippen molar-refractivity contribution in [3.63, 3.8) is 0 Å². The molecule has 17 heavy (non-hydrogen) atoms. The normalized spacial score (nSPS) is 10.6. The molecule has 0 amide bonds. The third-order valence-electron chi connectivity index (χ3n) is 2.29. The lowest BCUT2D eigenvalue weighted by molar-refractivity contribution is 0.0921. The van der Waals surface area contributed by atoms with E-state index in [4.69, 9.17) is 4.74 Å². The van der Waals surface area contributed by atoms with E-state index in [9.17, 15) is 18.8 Å². The Bertz CT molecular complexity index is 516. The number of ether oxygens (including phenoxy) is 1. The number of aromatic amines is 1. The second kappa shape index (κ2) is 5.42. The van der Waals surface area contributed by atoms with Crippen molar-refractivity contribution in [2.45, 2.75) is 32.8 Å². The predicted octanol–water partition coefficient (Wildman–Crippen LogP) is 0.849. The average Bonchev–Trinajstić information content (AvgIpc) is 2.31. The van der Waals surface area contributed by atoms with Gasteiger partial charge in [-0.2, -0.15) is 8.96 Å². The molecule has 1 rings (SSSR count). The van der Waals surface area contributed by atoms with Crippen molar-refractivity contribution >= 4 is 6.09 Å². The van der Waals surface area contributed by atoms with E-state index >= 15 is 0 Å². The number of H-pyrrole nitrogens is 1. The topological polar surface area (TPSA) is 81.2 Å². The van der Waals surface area contributed by atoms with Gasteiger partial charge < -0.3 is 9.72 Å². The van der Waals surface area contributed by atoms with Crippen LogP contribution in [0.1, 0.15) is 26.7 Å². The summed E-state index contributed by atoms with van der Waals surface area (Å²) in [5.74, 6) is -1.22. The molecule has 0 saturated carbocycles. The summed E-state index contributed by atoms with van der Waals surface area (Å²) in [4.78, 5) is 35.9. The fourth-order valence-corrected chi connectivity index (χ4v) is 1.27. The van der Waals surface area contributed by atoms with Gasteiger partial charge in [0.2, 0.25) is 5.82 Å². The van der Waals surface area contributed by atoms with Crippen molar-refractivity contribution in [2.24, 2.45) is 0 Å². The monoisotopic (exact) mass is 244 g/mol. The Morgan fingerprint density at radius 3 is 2.59 bits per heavy atom. The van der Waals surface area contributed by atoms with Gasteiger partial charge in [-0.05, 0) is 12.8 Å². The summed E-state index contributed by atoms with van der Waals surface area (Å²) in [5.41, 5.74) is -2.34. The van der Waals surface area contributed by atoms with E-state index in [2.05, 4.69) is 0 Å². The van der Waals surface area contributed by atoms with Crippen LogP contribution in [0, 0.1) is 5.82 Å². The summed E-state index contributed by atoms with van der Waals surface area (Å²) in [6, 6.07) is 0. The molecule has 7 heteroatoms. The van der Waals surface area contributed by atoms with E-state index in [0.717, 1.165) is 0 Å². The molecule has 1 heterocycles. The molecule has 1 N–H and O–H groups in total. The number of carbonyl (C=O) groups excluding carboxylic acids is 1. The SMILES string of the molecule is CCC(CC)OC(=O)n1c(=O)[nH]cc(F)c1=O. The van der Waals surface area contributed by atoms with E-state index < -0.39 is 29.3 Å². The fraction of sp³-hybridized carbons (Fsp3) is 0.500. The number of nitrogens with zero attached hydrogens (tertiary/aromatic N) is 1. The number of aromatic nitrogens is 2. The number of hydrogen-bond donors (Lipinski definition) is 1. The quantitative estimate of drug-likeness (QED) is 0.854. The van der Waals surface area contributed by atoms with Gasteiger partial charge in [0.25, 0.3) is 0 Å². The van der Waals surface area contributed by atoms with E-state index in [1.165, 1.54) is 0 Å². The highest BCUT2D eigenvalue weighted by atomic mass is 19.1. The average molecular weight is 244 g/mol. The summed E-state index contributed by atoms with van der Waals surface area (Å²) < 4.78 is 17.9. The molecule has 0 atom stereocenters. The molecule has 94 valence electrons. The smallest absolute Gasteiger partial charge is 0.425 e. The Hall–Kier alpha value is -1.92. The first-order valence-corrected chi connectivity index (χ1v) is 5.22. The molecule has 0 unspecified atom stereocenters. The van der Waals surface area contributed by atoms with Crippen LogP contribution < -0.4 is 11.2 Å². The van der Waals surface area contributed by atoms with Crippen LogP contribution in [0.4, 0.5) is 9.18 Å². The van der Waals surface area contributed by atoms with Crippen LogP contribution >= 0.6 is 0 Å².